The molecule has 1 heterocycles. The maximum atomic E-state index is 12.3. The van der Waals surface area contributed by atoms with Crippen LogP contribution in [0.1, 0.15) is 38.2 Å². The minimum atomic E-state index is -0.0570. The number of carbonyl (C=O) groups excluding carboxylic acids is 2. The number of nitrogens with zero attached hydrogens (tertiary/aromatic N) is 1. The third-order valence-electron chi connectivity index (χ3n) is 4.55. The van der Waals surface area contributed by atoms with Gasteiger partial charge in [0.1, 0.15) is 0 Å². The molecule has 0 aliphatic carbocycles. The van der Waals surface area contributed by atoms with Crippen LogP contribution in [0.15, 0.2) is 24.3 Å². The molecule has 2 rings (SSSR count). The van der Waals surface area contributed by atoms with Crippen LogP contribution >= 0.6 is 12.4 Å². The van der Waals surface area contributed by atoms with Gasteiger partial charge < -0.3 is 16.4 Å². The first-order valence-electron chi connectivity index (χ1n) is 9.09. The molecule has 0 saturated carbocycles. The van der Waals surface area contributed by atoms with Gasteiger partial charge in [0.2, 0.25) is 11.8 Å². The lowest BCUT2D eigenvalue weighted by Gasteiger charge is -2.31. The van der Waals surface area contributed by atoms with Gasteiger partial charge in [-0.25, -0.2) is 0 Å². The predicted octanol–water partition coefficient (Wildman–Crippen LogP) is 1.96. The van der Waals surface area contributed by atoms with Gasteiger partial charge in [-0.1, -0.05) is 26.0 Å². The molecular formula is C19H31ClN4O2. The van der Waals surface area contributed by atoms with E-state index >= 15 is 0 Å². The molecule has 1 saturated heterocycles. The van der Waals surface area contributed by atoms with Crippen molar-refractivity contribution < 1.29 is 9.59 Å². The first-order valence-corrected chi connectivity index (χ1v) is 9.09. The number of nitrogens with one attached hydrogen (secondary N) is 2. The van der Waals surface area contributed by atoms with Gasteiger partial charge in [-0.2, -0.15) is 0 Å². The number of piperidine rings is 1. The number of nitrogens with two attached hydrogens (primary N) is 1. The minimum Gasteiger partial charge on any atom is -0.355 e. The SMILES string of the molecule is CC(C)c1ccc(NC(=O)CN2CCCC(C(=O)NCCN)C2)cc1.Cl. The fourth-order valence-corrected chi connectivity index (χ4v) is 3.11. The molecule has 2 amide bonds. The molecular weight excluding hydrogens is 352 g/mol. The first-order chi connectivity index (χ1) is 12.0. The number of halogens is 1. The van der Waals surface area contributed by atoms with E-state index in [2.05, 4.69) is 24.5 Å². The van der Waals surface area contributed by atoms with Gasteiger partial charge >= 0.3 is 0 Å². The van der Waals surface area contributed by atoms with Gasteiger partial charge in [0.05, 0.1) is 12.5 Å². The standard InChI is InChI=1S/C19H30N4O2.ClH/c1-14(2)15-5-7-17(8-6-15)22-18(24)13-23-11-3-4-16(12-23)19(25)21-10-9-20;/h5-8,14,16H,3-4,9-13,20H2,1-2H3,(H,21,25)(H,22,24);1H. The molecule has 0 aromatic heterocycles. The van der Waals surface area contributed by atoms with E-state index in [-0.39, 0.29) is 30.1 Å². The molecule has 0 radical (unpaired) electrons. The van der Waals surface area contributed by atoms with Crippen molar-refractivity contribution in [3.63, 3.8) is 0 Å². The molecule has 4 N–H and O–H groups in total. The van der Waals surface area contributed by atoms with Crippen LogP contribution < -0.4 is 16.4 Å². The highest BCUT2D eigenvalue weighted by Crippen LogP contribution is 2.18. The Labute approximate surface area is 162 Å². The molecule has 146 valence electrons. The third-order valence-corrected chi connectivity index (χ3v) is 4.55. The van der Waals surface area contributed by atoms with Crippen molar-refractivity contribution in [3.8, 4) is 0 Å². The highest BCUT2D eigenvalue weighted by molar-refractivity contribution is 5.92. The number of carbonyl (C=O) groups is 2. The smallest absolute Gasteiger partial charge is 0.238 e. The number of anilines is 1. The highest BCUT2D eigenvalue weighted by Gasteiger charge is 2.26. The Morgan fingerprint density at radius 1 is 1.27 bits per heavy atom. The van der Waals surface area contributed by atoms with Crippen molar-refractivity contribution in [1.82, 2.24) is 10.2 Å². The first kappa shape index (κ1) is 22.4. The maximum Gasteiger partial charge on any atom is 0.238 e. The van der Waals surface area contributed by atoms with E-state index in [0.717, 1.165) is 25.1 Å². The topological polar surface area (TPSA) is 87.5 Å². The zero-order valence-electron chi connectivity index (χ0n) is 15.7. The van der Waals surface area contributed by atoms with Crippen LogP contribution in [0.2, 0.25) is 0 Å². The molecule has 1 aliphatic heterocycles. The fourth-order valence-electron chi connectivity index (χ4n) is 3.11. The number of hydrogen-bond acceptors (Lipinski definition) is 4. The lowest BCUT2D eigenvalue weighted by Crippen LogP contribution is -2.46. The largest absolute Gasteiger partial charge is 0.355 e. The van der Waals surface area contributed by atoms with E-state index < -0.39 is 0 Å². The number of amides is 2. The summed E-state index contributed by atoms with van der Waals surface area (Å²) >= 11 is 0. The summed E-state index contributed by atoms with van der Waals surface area (Å²) in [5.74, 6) is 0.416. The molecule has 1 aromatic rings. The van der Waals surface area contributed by atoms with Gasteiger partial charge in [-0.15, -0.1) is 12.4 Å². The molecule has 1 atom stereocenters. The summed E-state index contributed by atoms with van der Waals surface area (Å²) in [6.07, 6.45) is 1.79. The second-order valence-electron chi connectivity index (χ2n) is 6.98. The maximum absolute atomic E-state index is 12.3. The molecule has 0 bridgehead atoms. The van der Waals surface area contributed by atoms with Gasteiger partial charge in [-0.3, -0.25) is 14.5 Å². The van der Waals surface area contributed by atoms with Crippen LogP contribution in [0.5, 0.6) is 0 Å². The summed E-state index contributed by atoms with van der Waals surface area (Å²) in [7, 11) is 0. The summed E-state index contributed by atoms with van der Waals surface area (Å²) in [6.45, 7) is 7.01. The van der Waals surface area contributed by atoms with Crippen molar-refractivity contribution >= 4 is 29.9 Å². The zero-order chi connectivity index (χ0) is 18.2. The van der Waals surface area contributed by atoms with E-state index in [0.29, 0.717) is 32.1 Å². The van der Waals surface area contributed by atoms with Gasteiger partial charge in [0.15, 0.2) is 0 Å². The predicted molar refractivity (Wildman–Crippen MR) is 108 cm³/mol. The Morgan fingerprint density at radius 3 is 2.58 bits per heavy atom. The van der Waals surface area contributed by atoms with Crippen LogP contribution in [-0.4, -0.2) is 49.4 Å². The van der Waals surface area contributed by atoms with Crippen molar-refractivity contribution in [2.24, 2.45) is 11.7 Å². The molecule has 6 nitrogen and oxygen atoms in total. The highest BCUT2D eigenvalue weighted by atomic mass is 35.5. The molecule has 1 aromatic carbocycles. The average molecular weight is 383 g/mol. The van der Waals surface area contributed by atoms with E-state index in [1.165, 1.54) is 5.56 Å². The average Bonchev–Trinajstić information content (AvgIpc) is 2.60. The molecule has 7 heteroatoms. The minimum absolute atomic E-state index is 0. The summed E-state index contributed by atoms with van der Waals surface area (Å²) in [6, 6.07) is 7.96. The van der Waals surface area contributed by atoms with E-state index in [9.17, 15) is 9.59 Å². The van der Waals surface area contributed by atoms with E-state index in [1.807, 2.05) is 29.2 Å². The van der Waals surface area contributed by atoms with Crippen LogP contribution in [0.25, 0.3) is 0 Å². The fraction of sp³-hybridized carbons (Fsp3) is 0.579. The number of likely N-dealkylation sites (tertiary alicyclic amines) is 1. The zero-order valence-corrected chi connectivity index (χ0v) is 16.5. The Kier molecular flexibility index (Phi) is 9.62. The Balaban J connectivity index is 0.00000338. The lowest BCUT2D eigenvalue weighted by molar-refractivity contribution is -0.127. The quantitative estimate of drug-likeness (QED) is 0.672. The van der Waals surface area contributed by atoms with Gasteiger partial charge in [0.25, 0.3) is 0 Å². The molecule has 1 unspecified atom stereocenters. The summed E-state index contributed by atoms with van der Waals surface area (Å²) in [4.78, 5) is 26.4. The molecule has 26 heavy (non-hydrogen) atoms. The van der Waals surface area contributed by atoms with Crippen molar-refractivity contribution in [2.75, 3.05) is 38.0 Å². The summed E-state index contributed by atoms with van der Waals surface area (Å²) < 4.78 is 0. The Bertz CT molecular complexity index is 577. The number of hydrogen-bond donors (Lipinski definition) is 3. The van der Waals surface area contributed by atoms with Crippen LogP contribution in [0.4, 0.5) is 5.69 Å². The van der Waals surface area contributed by atoms with Crippen molar-refractivity contribution in [2.45, 2.75) is 32.6 Å². The number of rotatable bonds is 7. The second-order valence-corrected chi connectivity index (χ2v) is 6.98. The van der Waals surface area contributed by atoms with Crippen LogP contribution in [-0.2, 0) is 9.59 Å². The summed E-state index contributed by atoms with van der Waals surface area (Å²) in [5.41, 5.74) is 7.48. The lowest BCUT2D eigenvalue weighted by atomic mass is 9.97. The van der Waals surface area contributed by atoms with E-state index in [1.54, 1.807) is 0 Å². The van der Waals surface area contributed by atoms with Crippen LogP contribution in [0.3, 0.4) is 0 Å². The monoisotopic (exact) mass is 382 g/mol. The molecule has 1 aliphatic rings. The molecule has 1 fully saturated rings. The summed E-state index contributed by atoms with van der Waals surface area (Å²) in [5, 5.41) is 5.77. The van der Waals surface area contributed by atoms with E-state index in [4.69, 9.17) is 5.73 Å². The normalized spacial score (nSPS) is 17.5. The van der Waals surface area contributed by atoms with Gasteiger partial charge in [0, 0.05) is 25.3 Å². The van der Waals surface area contributed by atoms with Crippen LogP contribution in [0, 0.1) is 5.92 Å². The molecule has 0 spiro atoms. The Hall–Kier alpha value is -1.63. The second kappa shape index (κ2) is 11.2. The Morgan fingerprint density at radius 2 is 1.96 bits per heavy atom. The number of benzene rings is 1. The van der Waals surface area contributed by atoms with Gasteiger partial charge in [-0.05, 0) is 43.0 Å². The third kappa shape index (κ3) is 6.94. The van der Waals surface area contributed by atoms with Crippen molar-refractivity contribution in [1.29, 1.82) is 0 Å². The van der Waals surface area contributed by atoms with Crippen molar-refractivity contribution in [3.05, 3.63) is 29.8 Å².